The largest absolute Gasteiger partial charge is 0.240 e. The zero-order valence-electron chi connectivity index (χ0n) is 10.2. The summed E-state index contributed by atoms with van der Waals surface area (Å²) in [4.78, 5) is 2.95. The molecule has 0 aliphatic carbocycles. The fraction of sp³-hybridized carbons (Fsp3) is 0.455. The van der Waals surface area contributed by atoms with Gasteiger partial charge in [-0.3, -0.25) is 0 Å². The van der Waals surface area contributed by atoms with Crippen molar-refractivity contribution in [2.75, 3.05) is 6.54 Å². The minimum Gasteiger partial charge on any atom is -0.211 e. The lowest BCUT2D eigenvalue weighted by Crippen LogP contribution is -2.25. The third kappa shape index (κ3) is 4.75. The fourth-order valence-corrected chi connectivity index (χ4v) is 2.53. The Morgan fingerprint density at radius 1 is 1.39 bits per heavy atom. The number of rotatable bonds is 7. The third-order valence-corrected chi connectivity index (χ3v) is 3.87. The Hall–Kier alpha value is -1.56. The van der Waals surface area contributed by atoms with E-state index in [2.05, 4.69) is 14.7 Å². The number of benzene rings is 1. The van der Waals surface area contributed by atoms with Crippen LogP contribution in [0.3, 0.4) is 0 Å². The first-order chi connectivity index (χ1) is 8.56. The Labute approximate surface area is 107 Å². The fourth-order valence-electron chi connectivity index (χ4n) is 1.43. The Morgan fingerprint density at radius 3 is 2.67 bits per heavy atom. The van der Waals surface area contributed by atoms with Crippen molar-refractivity contribution in [1.29, 1.82) is 0 Å². The number of hydrogen-bond donors (Lipinski definition) is 1. The van der Waals surface area contributed by atoms with Crippen LogP contribution in [0, 0.1) is 0 Å². The highest BCUT2D eigenvalue weighted by Gasteiger charge is 2.12. The molecule has 0 radical (unpaired) electrons. The minimum absolute atomic E-state index is 0.115. The molecule has 0 saturated carbocycles. The third-order valence-electron chi connectivity index (χ3n) is 2.39. The van der Waals surface area contributed by atoms with Gasteiger partial charge < -0.3 is 0 Å². The maximum atomic E-state index is 11.8. The number of azide groups is 1. The lowest BCUT2D eigenvalue weighted by atomic mass is 10.2. The second-order valence-electron chi connectivity index (χ2n) is 3.91. The van der Waals surface area contributed by atoms with Gasteiger partial charge in [0.25, 0.3) is 0 Å². The van der Waals surface area contributed by atoms with E-state index in [1.54, 1.807) is 37.3 Å². The lowest BCUT2D eigenvalue weighted by Gasteiger charge is -2.07. The van der Waals surface area contributed by atoms with Crippen LogP contribution < -0.4 is 4.72 Å². The molecule has 0 aliphatic heterocycles. The number of nitrogens with one attached hydrogen (secondary N) is 1. The van der Waals surface area contributed by atoms with E-state index >= 15 is 0 Å². The standard InChI is InChI=1S/C11H16N4O2S/c1-10(14-15-12)6-5-9-13-18(16,17)11-7-3-2-4-8-11/h2-4,7-8,10,13H,5-6,9H2,1H3. The van der Waals surface area contributed by atoms with E-state index in [0.29, 0.717) is 19.4 Å². The predicted octanol–water partition coefficient (Wildman–Crippen LogP) is 2.44. The Bertz CT molecular complexity index is 509. The van der Waals surface area contributed by atoms with Crippen molar-refractivity contribution in [1.82, 2.24) is 4.72 Å². The molecular formula is C11H16N4O2S. The maximum Gasteiger partial charge on any atom is 0.240 e. The molecule has 1 aromatic carbocycles. The Kier molecular flexibility index (Phi) is 5.64. The van der Waals surface area contributed by atoms with Crippen molar-refractivity contribution in [2.24, 2.45) is 5.11 Å². The molecule has 7 heteroatoms. The molecule has 0 fully saturated rings. The first-order valence-corrected chi connectivity index (χ1v) is 7.13. The van der Waals surface area contributed by atoms with Gasteiger partial charge in [0.2, 0.25) is 10.0 Å². The van der Waals surface area contributed by atoms with Gasteiger partial charge in [-0.1, -0.05) is 30.2 Å². The zero-order valence-corrected chi connectivity index (χ0v) is 11.0. The summed E-state index contributed by atoms with van der Waals surface area (Å²) >= 11 is 0. The van der Waals surface area contributed by atoms with Gasteiger partial charge in [-0.25, -0.2) is 13.1 Å². The zero-order chi connectivity index (χ0) is 13.4. The van der Waals surface area contributed by atoms with Crippen molar-refractivity contribution in [2.45, 2.75) is 30.7 Å². The highest BCUT2D eigenvalue weighted by Crippen LogP contribution is 2.07. The molecule has 1 atom stereocenters. The quantitative estimate of drug-likeness (QED) is 0.356. The van der Waals surface area contributed by atoms with Gasteiger partial charge in [0.1, 0.15) is 0 Å². The molecule has 1 aromatic rings. The number of sulfonamides is 1. The molecule has 0 amide bonds. The highest BCUT2D eigenvalue weighted by atomic mass is 32.2. The van der Waals surface area contributed by atoms with Crippen LogP contribution in [0.25, 0.3) is 10.4 Å². The van der Waals surface area contributed by atoms with E-state index in [0.717, 1.165) is 0 Å². The molecule has 0 spiro atoms. The summed E-state index contributed by atoms with van der Waals surface area (Å²) in [5.41, 5.74) is 8.22. The van der Waals surface area contributed by atoms with Crippen LogP contribution in [0.15, 0.2) is 40.3 Å². The molecule has 0 aromatic heterocycles. The molecule has 18 heavy (non-hydrogen) atoms. The van der Waals surface area contributed by atoms with Gasteiger partial charge in [-0.15, -0.1) is 0 Å². The van der Waals surface area contributed by atoms with Crippen LogP contribution in [0.4, 0.5) is 0 Å². The molecule has 1 unspecified atom stereocenters. The summed E-state index contributed by atoms with van der Waals surface area (Å²) in [6.07, 6.45) is 1.29. The molecule has 6 nitrogen and oxygen atoms in total. The van der Waals surface area contributed by atoms with Gasteiger partial charge in [0, 0.05) is 17.5 Å². The van der Waals surface area contributed by atoms with Crippen LogP contribution in [0.1, 0.15) is 19.8 Å². The van der Waals surface area contributed by atoms with Gasteiger partial charge >= 0.3 is 0 Å². The molecule has 1 rings (SSSR count). The summed E-state index contributed by atoms with van der Waals surface area (Å²) in [6.45, 7) is 2.13. The molecule has 0 saturated heterocycles. The second-order valence-corrected chi connectivity index (χ2v) is 5.67. The average molecular weight is 268 g/mol. The molecule has 1 N–H and O–H groups in total. The number of nitrogens with zero attached hydrogens (tertiary/aromatic N) is 3. The lowest BCUT2D eigenvalue weighted by molar-refractivity contribution is 0.567. The van der Waals surface area contributed by atoms with Crippen LogP contribution in [-0.2, 0) is 10.0 Å². The van der Waals surface area contributed by atoms with Crippen LogP contribution in [0.2, 0.25) is 0 Å². The van der Waals surface area contributed by atoms with Crippen molar-refractivity contribution >= 4 is 10.0 Å². The Morgan fingerprint density at radius 2 is 2.06 bits per heavy atom. The molecule has 0 aliphatic rings. The van der Waals surface area contributed by atoms with E-state index in [-0.39, 0.29) is 10.9 Å². The van der Waals surface area contributed by atoms with E-state index < -0.39 is 10.0 Å². The van der Waals surface area contributed by atoms with Crippen molar-refractivity contribution in [3.05, 3.63) is 40.8 Å². The van der Waals surface area contributed by atoms with Crippen LogP contribution in [0.5, 0.6) is 0 Å². The SMILES string of the molecule is CC(CCCNS(=O)(=O)c1ccccc1)N=[N+]=[N-]. The van der Waals surface area contributed by atoms with Gasteiger partial charge in [-0.2, -0.15) is 0 Å². The topological polar surface area (TPSA) is 94.9 Å². The van der Waals surface area contributed by atoms with Gasteiger partial charge in [0.15, 0.2) is 0 Å². The molecule has 98 valence electrons. The summed E-state index contributed by atoms with van der Waals surface area (Å²) in [5.74, 6) is 0. The first kappa shape index (κ1) is 14.5. The smallest absolute Gasteiger partial charge is 0.211 e. The average Bonchev–Trinajstić information content (AvgIpc) is 2.36. The van der Waals surface area contributed by atoms with Gasteiger partial charge in [-0.05, 0) is 30.5 Å². The predicted molar refractivity (Wildman–Crippen MR) is 69.5 cm³/mol. The summed E-state index contributed by atoms with van der Waals surface area (Å²) in [6, 6.07) is 8.10. The summed E-state index contributed by atoms with van der Waals surface area (Å²) in [5, 5.41) is 3.52. The molecular weight excluding hydrogens is 252 g/mol. The summed E-state index contributed by atoms with van der Waals surface area (Å²) in [7, 11) is -3.42. The second kappa shape index (κ2) is 7.00. The normalized spacial score (nSPS) is 12.7. The van der Waals surface area contributed by atoms with E-state index in [1.807, 2.05) is 0 Å². The van der Waals surface area contributed by atoms with Crippen LogP contribution >= 0.6 is 0 Å². The maximum absolute atomic E-state index is 11.8. The monoisotopic (exact) mass is 268 g/mol. The van der Waals surface area contributed by atoms with E-state index in [4.69, 9.17) is 5.53 Å². The Balaban J connectivity index is 2.42. The van der Waals surface area contributed by atoms with Crippen LogP contribution in [-0.4, -0.2) is 21.0 Å². The minimum atomic E-state index is -3.42. The van der Waals surface area contributed by atoms with E-state index in [9.17, 15) is 8.42 Å². The molecule has 0 heterocycles. The van der Waals surface area contributed by atoms with Crippen molar-refractivity contribution in [3.8, 4) is 0 Å². The first-order valence-electron chi connectivity index (χ1n) is 5.65. The highest BCUT2D eigenvalue weighted by molar-refractivity contribution is 7.89. The van der Waals surface area contributed by atoms with Crippen molar-refractivity contribution < 1.29 is 8.42 Å². The molecule has 0 bridgehead atoms. The summed E-state index contributed by atoms with van der Waals surface area (Å²) < 4.78 is 26.1. The number of hydrogen-bond acceptors (Lipinski definition) is 3. The van der Waals surface area contributed by atoms with E-state index in [1.165, 1.54) is 0 Å². The van der Waals surface area contributed by atoms with Gasteiger partial charge in [0.05, 0.1) is 4.90 Å². The van der Waals surface area contributed by atoms with Crippen molar-refractivity contribution in [3.63, 3.8) is 0 Å².